The molecule has 0 unspecified atom stereocenters. The van der Waals surface area contributed by atoms with E-state index in [1.807, 2.05) is 26.8 Å². The maximum Gasteiger partial charge on any atom is 0.251 e. The van der Waals surface area contributed by atoms with Gasteiger partial charge in [0.1, 0.15) is 17.5 Å². The Morgan fingerprint density at radius 3 is 2.63 bits per heavy atom. The molecule has 7 nitrogen and oxygen atoms in total. The molecule has 0 spiro atoms. The Balaban J connectivity index is 1.60. The lowest BCUT2D eigenvalue weighted by molar-refractivity contribution is 0.0954. The van der Waals surface area contributed by atoms with Gasteiger partial charge in [0.15, 0.2) is 5.82 Å². The molecular weight excluding hydrogens is 347 g/mol. The Morgan fingerprint density at radius 2 is 1.93 bits per heavy atom. The summed E-state index contributed by atoms with van der Waals surface area (Å²) < 4.78 is 14.9. The number of aryl methyl sites for hydroxylation is 3. The summed E-state index contributed by atoms with van der Waals surface area (Å²) >= 11 is 0. The van der Waals surface area contributed by atoms with Gasteiger partial charge in [-0.15, -0.1) is 0 Å². The van der Waals surface area contributed by atoms with Crippen LogP contribution in [0.3, 0.4) is 0 Å². The van der Waals surface area contributed by atoms with Gasteiger partial charge in [0.05, 0.1) is 5.69 Å². The van der Waals surface area contributed by atoms with E-state index in [1.165, 1.54) is 18.2 Å². The Kier molecular flexibility index (Phi) is 5.44. The molecule has 1 amide bonds. The largest absolute Gasteiger partial charge is 0.368 e. The molecule has 2 N–H and O–H groups in total. The third kappa shape index (κ3) is 4.66. The molecule has 0 saturated carbocycles. The van der Waals surface area contributed by atoms with Crippen LogP contribution in [0.4, 0.5) is 10.2 Å². The molecule has 3 rings (SSSR count). The van der Waals surface area contributed by atoms with E-state index in [9.17, 15) is 9.18 Å². The van der Waals surface area contributed by atoms with Crippen molar-refractivity contribution in [2.24, 2.45) is 0 Å². The Morgan fingerprint density at radius 1 is 1.11 bits per heavy atom. The summed E-state index contributed by atoms with van der Waals surface area (Å²) in [5.74, 6) is 1.18. The standard InChI is InChI=1S/C19H21FN6O/c1-12-9-13(2)26(25-12)18-11-17(23-14(3)24-18)21-7-8-22-19(27)15-5-4-6-16(20)10-15/h4-6,9-11H,7-8H2,1-3H3,(H,22,27)(H,21,23,24). The van der Waals surface area contributed by atoms with Crippen LogP contribution in [0.5, 0.6) is 0 Å². The quantitative estimate of drug-likeness (QED) is 0.653. The summed E-state index contributed by atoms with van der Waals surface area (Å²) in [6.07, 6.45) is 0. The summed E-state index contributed by atoms with van der Waals surface area (Å²) in [6.45, 7) is 6.54. The lowest BCUT2D eigenvalue weighted by Crippen LogP contribution is -2.29. The van der Waals surface area contributed by atoms with Crippen molar-refractivity contribution in [2.75, 3.05) is 18.4 Å². The van der Waals surface area contributed by atoms with Gasteiger partial charge in [-0.05, 0) is 45.0 Å². The molecule has 0 bridgehead atoms. The maximum atomic E-state index is 13.2. The number of halogens is 1. The number of aromatic nitrogens is 4. The van der Waals surface area contributed by atoms with E-state index in [4.69, 9.17) is 0 Å². The zero-order chi connectivity index (χ0) is 19.4. The first-order valence-corrected chi connectivity index (χ1v) is 8.59. The van der Waals surface area contributed by atoms with E-state index in [2.05, 4.69) is 25.7 Å². The average Bonchev–Trinajstić information content (AvgIpc) is 2.96. The summed E-state index contributed by atoms with van der Waals surface area (Å²) in [5.41, 5.74) is 2.19. The molecule has 2 aromatic heterocycles. The fourth-order valence-electron chi connectivity index (χ4n) is 2.71. The highest BCUT2D eigenvalue weighted by Crippen LogP contribution is 2.13. The van der Waals surface area contributed by atoms with Crippen molar-refractivity contribution in [3.05, 3.63) is 65.0 Å². The van der Waals surface area contributed by atoms with Crippen LogP contribution in [0.25, 0.3) is 5.82 Å². The normalized spacial score (nSPS) is 10.7. The van der Waals surface area contributed by atoms with E-state index in [0.29, 0.717) is 36.1 Å². The Hall–Kier alpha value is -3.29. The molecular formula is C19H21FN6O. The molecule has 0 aliphatic rings. The smallest absolute Gasteiger partial charge is 0.251 e. The second-order valence-electron chi connectivity index (χ2n) is 6.19. The van der Waals surface area contributed by atoms with Gasteiger partial charge in [-0.25, -0.2) is 19.0 Å². The molecule has 0 radical (unpaired) electrons. The van der Waals surface area contributed by atoms with Crippen molar-refractivity contribution >= 4 is 11.7 Å². The number of amides is 1. The highest BCUT2D eigenvalue weighted by Gasteiger charge is 2.09. The van der Waals surface area contributed by atoms with Gasteiger partial charge >= 0.3 is 0 Å². The number of hydrogen-bond acceptors (Lipinski definition) is 5. The topological polar surface area (TPSA) is 84.7 Å². The fourth-order valence-corrected chi connectivity index (χ4v) is 2.71. The maximum absolute atomic E-state index is 13.2. The van der Waals surface area contributed by atoms with Crippen LogP contribution < -0.4 is 10.6 Å². The van der Waals surface area contributed by atoms with Crippen molar-refractivity contribution in [2.45, 2.75) is 20.8 Å². The van der Waals surface area contributed by atoms with Gasteiger partial charge in [-0.2, -0.15) is 5.10 Å². The second-order valence-corrected chi connectivity index (χ2v) is 6.19. The lowest BCUT2D eigenvalue weighted by atomic mass is 10.2. The van der Waals surface area contributed by atoms with E-state index in [1.54, 1.807) is 16.8 Å². The third-order valence-electron chi connectivity index (χ3n) is 3.85. The third-order valence-corrected chi connectivity index (χ3v) is 3.85. The van der Waals surface area contributed by atoms with E-state index < -0.39 is 5.82 Å². The number of carbonyl (C=O) groups excluding carboxylic acids is 1. The zero-order valence-electron chi connectivity index (χ0n) is 15.5. The molecule has 1 aromatic carbocycles. The molecule has 2 heterocycles. The van der Waals surface area contributed by atoms with Crippen molar-refractivity contribution in [3.8, 4) is 5.82 Å². The zero-order valence-corrected chi connectivity index (χ0v) is 15.5. The van der Waals surface area contributed by atoms with Crippen LogP contribution in [0.1, 0.15) is 27.6 Å². The number of benzene rings is 1. The van der Waals surface area contributed by atoms with Gasteiger partial charge < -0.3 is 10.6 Å². The summed E-state index contributed by atoms with van der Waals surface area (Å²) in [5, 5.41) is 10.3. The SMILES string of the molecule is Cc1cc(C)n(-c2cc(NCCNC(=O)c3cccc(F)c3)nc(C)n2)n1. The van der Waals surface area contributed by atoms with Crippen LogP contribution in [-0.2, 0) is 0 Å². The Labute approximate surface area is 156 Å². The highest BCUT2D eigenvalue weighted by molar-refractivity contribution is 5.94. The molecule has 140 valence electrons. The molecule has 0 atom stereocenters. The molecule has 3 aromatic rings. The number of anilines is 1. The number of hydrogen-bond donors (Lipinski definition) is 2. The monoisotopic (exact) mass is 368 g/mol. The van der Waals surface area contributed by atoms with Gasteiger partial charge in [-0.3, -0.25) is 4.79 Å². The van der Waals surface area contributed by atoms with Crippen molar-refractivity contribution in [1.29, 1.82) is 0 Å². The van der Waals surface area contributed by atoms with E-state index in [0.717, 1.165) is 11.4 Å². The molecule has 0 aliphatic carbocycles. The second kappa shape index (κ2) is 7.94. The van der Waals surface area contributed by atoms with Crippen LogP contribution in [0.15, 0.2) is 36.4 Å². The summed E-state index contributed by atoms with van der Waals surface area (Å²) in [6, 6.07) is 9.37. The molecule has 8 heteroatoms. The van der Waals surface area contributed by atoms with E-state index in [-0.39, 0.29) is 5.91 Å². The van der Waals surface area contributed by atoms with Crippen molar-refractivity contribution < 1.29 is 9.18 Å². The Bertz CT molecular complexity index is 969. The first-order valence-electron chi connectivity index (χ1n) is 8.59. The lowest BCUT2D eigenvalue weighted by Gasteiger charge is -2.10. The van der Waals surface area contributed by atoms with Gasteiger partial charge in [0, 0.05) is 30.4 Å². The molecule has 0 saturated heterocycles. The van der Waals surface area contributed by atoms with Crippen LogP contribution in [-0.4, -0.2) is 38.7 Å². The van der Waals surface area contributed by atoms with Crippen LogP contribution in [0.2, 0.25) is 0 Å². The summed E-state index contributed by atoms with van der Waals surface area (Å²) in [7, 11) is 0. The first kappa shape index (κ1) is 18.5. The number of nitrogens with zero attached hydrogens (tertiary/aromatic N) is 4. The fraction of sp³-hybridized carbons (Fsp3) is 0.263. The number of carbonyl (C=O) groups is 1. The minimum Gasteiger partial charge on any atom is -0.368 e. The minimum absolute atomic E-state index is 0.291. The van der Waals surface area contributed by atoms with Gasteiger partial charge in [0.25, 0.3) is 5.91 Å². The van der Waals surface area contributed by atoms with Crippen molar-refractivity contribution in [3.63, 3.8) is 0 Å². The average molecular weight is 368 g/mol. The molecule has 0 fully saturated rings. The van der Waals surface area contributed by atoms with Gasteiger partial charge in [0.2, 0.25) is 0 Å². The van der Waals surface area contributed by atoms with Crippen LogP contribution in [0, 0.1) is 26.6 Å². The van der Waals surface area contributed by atoms with Gasteiger partial charge in [-0.1, -0.05) is 6.07 Å². The van der Waals surface area contributed by atoms with E-state index >= 15 is 0 Å². The number of rotatable bonds is 6. The summed E-state index contributed by atoms with van der Waals surface area (Å²) in [4.78, 5) is 20.8. The number of nitrogens with one attached hydrogen (secondary N) is 2. The predicted molar refractivity (Wildman–Crippen MR) is 101 cm³/mol. The minimum atomic E-state index is -0.436. The highest BCUT2D eigenvalue weighted by atomic mass is 19.1. The van der Waals surface area contributed by atoms with Crippen molar-refractivity contribution in [1.82, 2.24) is 25.1 Å². The predicted octanol–water partition coefficient (Wildman–Crippen LogP) is 2.57. The molecule has 27 heavy (non-hydrogen) atoms. The first-order chi connectivity index (χ1) is 12.9. The molecule has 0 aliphatic heterocycles. The van der Waals surface area contributed by atoms with Crippen LogP contribution >= 0.6 is 0 Å².